The monoisotopic (exact) mass is 181 g/mol. The van der Waals surface area contributed by atoms with Crippen molar-refractivity contribution in [1.29, 1.82) is 0 Å². The van der Waals surface area contributed by atoms with Gasteiger partial charge < -0.3 is 9.57 Å². The molecule has 0 radical (unpaired) electrons. The van der Waals surface area contributed by atoms with E-state index in [9.17, 15) is 0 Å². The van der Waals surface area contributed by atoms with Gasteiger partial charge in [0.2, 0.25) is 0 Å². The van der Waals surface area contributed by atoms with Crippen LogP contribution >= 0.6 is 0 Å². The molecule has 0 amide bonds. The smallest absolute Gasteiger partial charge is 0.123 e. The van der Waals surface area contributed by atoms with Gasteiger partial charge in [-0.2, -0.15) is 5.06 Å². The number of ether oxygens (including phenoxy) is 1. The molecule has 0 N–H and O–H groups in total. The van der Waals surface area contributed by atoms with E-state index in [1.165, 1.54) is 0 Å². The summed E-state index contributed by atoms with van der Waals surface area (Å²) in [6.45, 7) is 0.723. The topological polar surface area (TPSA) is 21.7 Å². The van der Waals surface area contributed by atoms with Gasteiger partial charge in [-0.3, -0.25) is 0 Å². The highest BCUT2D eigenvalue weighted by atomic mass is 16.7. The van der Waals surface area contributed by atoms with Crippen molar-refractivity contribution in [2.45, 2.75) is 6.54 Å². The number of hydrogen-bond donors (Lipinski definition) is 0. The molecule has 0 aliphatic heterocycles. The minimum atomic E-state index is 0.723. The minimum Gasteiger partial charge on any atom is -0.496 e. The Balaban J connectivity index is 2.74. The van der Waals surface area contributed by atoms with Crippen LogP contribution in [0.25, 0.3) is 0 Å². The van der Waals surface area contributed by atoms with Gasteiger partial charge in [0.1, 0.15) is 5.75 Å². The molecule has 0 aliphatic carbocycles. The normalized spacial score (nSPS) is 10.5. The molecular weight excluding hydrogens is 166 g/mol. The van der Waals surface area contributed by atoms with Crippen molar-refractivity contribution in [1.82, 2.24) is 5.06 Å². The van der Waals surface area contributed by atoms with Gasteiger partial charge in [-0.1, -0.05) is 18.2 Å². The van der Waals surface area contributed by atoms with E-state index in [2.05, 4.69) is 0 Å². The van der Waals surface area contributed by atoms with Crippen molar-refractivity contribution < 1.29 is 9.57 Å². The minimum absolute atomic E-state index is 0.723. The Morgan fingerprint density at radius 1 is 1.23 bits per heavy atom. The molecule has 1 aromatic rings. The third kappa shape index (κ3) is 2.72. The Morgan fingerprint density at radius 3 is 2.54 bits per heavy atom. The third-order valence-corrected chi connectivity index (χ3v) is 1.90. The second-order valence-electron chi connectivity index (χ2n) is 2.78. The largest absolute Gasteiger partial charge is 0.496 e. The molecule has 0 aromatic heterocycles. The Hall–Kier alpha value is -1.06. The van der Waals surface area contributed by atoms with Crippen LogP contribution in [0.2, 0.25) is 0 Å². The lowest BCUT2D eigenvalue weighted by molar-refractivity contribution is -0.116. The molecule has 3 nitrogen and oxygen atoms in total. The van der Waals surface area contributed by atoms with E-state index in [0.717, 1.165) is 17.9 Å². The zero-order chi connectivity index (χ0) is 9.68. The Morgan fingerprint density at radius 2 is 1.92 bits per heavy atom. The van der Waals surface area contributed by atoms with E-state index < -0.39 is 0 Å². The molecule has 1 aromatic carbocycles. The van der Waals surface area contributed by atoms with Crippen molar-refractivity contribution in [3.63, 3.8) is 0 Å². The summed E-state index contributed by atoms with van der Waals surface area (Å²) < 4.78 is 5.21. The molecule has 0 atom stereocenters. The summed E-state index contributed by atoms with van der Waals surface area (Å²) >= 11 is 0. The lowest BCUT2D eigenvalue weighted by atomic mass is 10.2. The Kier molecular flexibility index (Phi) is 3.73. The fraction of sp³-hybridized carbons (Fsp3) is 0.400. The van der Waals surface area contributed by atoms with Crippen LogP contribution in [0.4, 0.5) is 0 Å². The van der Waals surface area contributed by atoms with Crippen molar-refractivity contribution >= 4 is 0 Å². The Bertz CT molecular complexity index is 263. The molecule has 0 saturated carbocycles. The van der Waals surface area contributed by atoms with E-state index in [0.29, 0.717) is 0 Å². The highest BCUT2D eigenvalue weighted by Gasteiger charge is 2.03. The van der Waals surface area contributed by atoms with Crippen molar-refractivity contribution in [2.24, 2.45) is 0 Å². The highest BCUT2D eigenvalue weighted by Crippen LogP contribution is 2.18. The molecule has 0 heterocycles. The summed E-state index contributed by atoms with van der Waals surface area (Å²) in [5.74, 6) is 0.895. The summed E-state index contributed by atoms with van der Waals surface area (Å²) in [5, 5.41) is 1.75. The Labute approximate surface area is 78.8 Å². The summed E-state index contributed by atoms with van der Waals surface area (Å²) in [6, 6.07) is 7.91. The summed E-state index contributed by atoms with van der Waals surface area (Å²) in [4.78, 5) is 5.03. The first-order chi connectivity index (χ1) is 6.27. The molecule has 3 heteroatoms. The molecule has 72 valence electrons. The van der Waals surface area contributed by atoms with Gasteiger partial charge in [-0.05, 0) is 6.07 Å². The second-order valence-corrected chi connectivity index (χ2v) is 2.78. The molecule has 13 heavy (non-hydrogen) atoms. The molecule has 0 saturated heterocycles. The van der Waals surface area contributed by atoms with Gasteiger partial charge >= 0.3 is 0 Å². The van der Waals surface area contributed by atoms with Crippen LogP contribution in [0.5, 0.6) is 5.75 Å². The van der Waals surface area contributed by atoms with Gasteiger partial charge in [-0.15, -0.1) is 0 Å². The van der Waals surface area contributed by atoms with Crippen LogP contribution in [0.15, 0.2) is 24.3 Å². The lowest BCUT2D eigenvalue weighted by Gasteiger charge is -2.15. The van der Waals surface area contributed by atoms with Gasteiger partial charge in [0.05, 0.1) is 20.8 Å². The molecule has 1 rings (SSSR count). The SMILES string of the molecule is COc1ccccc1CN(C)OC. The quantitative estimate of drug-likeness (QED) is 0.660. The lowest BCUT2D eigenvalue weighted by Crippen LogP contribution is -2.16. The fourth-order valence-corrected chi connectivity index (χ4v) is 1.14. The molecule has 0 aliphatic rings. The first kappa shape index (κ1) is 10.0. The first-order valence-corrected chi connectivity index (χ1v) is 4.15. The van der Waals surface area contributed by atoms with Crippen LogP contribution < -0.4 is 4.74 Å². The maximum atomic E-state index is 5.21. The number of nitrogens with zero attached hydrogens (tertiary/aromatic N) is 1. The fourth-order valence-electron chi connectivity index (χ4n) is 1.14. The van der Waals surface area contributed by atoms with E-state index in [4.69, 9.17) is 9.57 Å². The van der Waals surface area contributed by atoms with E-state index in [-0.39, 0.29) is 0 Å². The van der Waals surface area contributed by atoms with Crippen LogP contribution in [0.3, 0.4) is 0 Å². The molecule has 0 fully saturated rings. The molecule has 0 unspecified atom stereocenters. The molecular formula is C10H15NO2. The van der Waals surface area contributed by atoms with E-state index in [1.54, 1.807) is 19.3 Å². The van der Waals surface area contributed by atoms with Crippen LogP contribution in [-0.4, -0.2) is 26.3 Å². The molecule has 0 spiro atoms. The summed E-state index contributed by atoms with van der Waals surface area (Å²) in [5.41, 5.74) is 1.12. The number of hydroxylamine groups is 2. The third-order valence-electron chi connectivity index (χ3n) is 1.90. The van der Waals surface area contributed by atoms with Crippen LogP contribution in [0.1, 0.15) is 5.56 Å². The first-order valence-electron chi connectivity index (χ1n) is 4.15. The maximum absolute atomic E-state index is 5.21. The molecule has 0 bridgehead atoms. The summed E-state index contributed by atoms with van der Waals surface area (Å²) in [7, 11) is 5.20. The second kappa shape index (κ2) is 4.84. The maximum Gasteiger partial charge on any atom is 0.123 e. The standard InChI is InChI=1S/C10H15NO2/c1-11(13-3)8-9-6-4-5-7-10(9)12-2/h4-7H,8H2,1-3H3. The zero-order valence-corrected chi connectivity index (χ0v) is 8.28. The van der Waals surface area contributed by atoms with E-state index >= 15 is 0 Å². The number of benzene rings is 1. The van der Waals surface area contributed by atoms with Crippen LogP contribution in [0, 0.1) is 0 Å². The number of para-hydroxylation sites is 1. The van der Waals surface area contributed by atoms with Crippen molar-refractivity contribution in [3.8, 4) is 5.75 Å². The van der Waals surface area contributed by atoms with Crippen molar-refractivity contribution in [2.75, 3.05) is 21.3 Å². The predicted octanol–water partition coefficient (Wildman–Crippen LogP) is 1.69. The predicted molar refractivity (Wildman–Crippen MR) is 51.5 cm³/mol. The zero-order valence-electron chi connectivity index (χ0n) is 8.28. The average Bonchev–Trinajstić information content (AvgIpc) is 2.18. The van der Waals surface area contributed by atoms with E-state index in [1.807, 2.05) is 31.3 Å². The summed E-state index contributed by atoms with van der Waals surface area (Å²) in [6.07, 6.45) is 0. The van der Waals surface area contributed by atoms with Gasteiger partial charge in [-0.25, -0.2) is 0 Å². The highest BCUT2D eigenvalue weighted by molar-refractivity contribution is 5.32. The number of methoxy groups -OCH3 is 1. The number of hydrogen-bond acceptors (Lipinski definition) is 3. The van der Waals surface area contributed by atoms with Crippen molar-refractivity contribution in [3.05, 3.63) is 29.8 Å². The van der Waals surface area contributed by atoms with Crippen LogP contribution in [-0.2, 0) is 11.4 Å². The van der Waals surface area contributed by atoms with Gasteiger partial charge in [0.25, 0.3) is 0 Å². The van der Waals surface area contributed by atoms with Gasteiger partial charge in [0.15, 0.2) is 0 Å². The number of rotatable bonds is 4. The van der Waals surface area contributed by atoms with Gasteiger partial charge in [0, 0.05) is 12.6 Å². The average molecular weight is 181 g/mol.